The van der Waals surface area contributed by atoms with Gasteiger partial charge in [-0.05, 0) is 18.1 Å². The average Bonchev–Trinajstić information content (AvgIpc) is 2.17. The Bertz CT molecular complexity index is 399. The molecule has 0 aliphatic carbocycles. The summed E-state index contributed by atoms with van der Waals surface area (Å²) in [4.78, 5) is 21.9. The fourth-order valence-electron chi connectivity index (χ4n) is 1.30. The van der Waals surface area contributed by atoms with E-state index < -0.39 is 18.2 Å². The number of carbonyl (C=O) groups excluding carboxylic acids is 1. The minimum atomic E-state index is -1.14. The van der Waals surface area contributed by atoms with E-state index in [0.717, 1.165) is 5.56 Å². The van der Waals surface area contributed by atoms with E-state index in [2.05, 4.69) is 0 Å². The minimum absolute atomic E-state index is 0.290. The Kier molecular flexibility index (Phi) is 3.86. The third-order valence-electron chi connectivity index (χ3n) is 2.07. The van der Waals surface area contributed by atoms with Gasteiger partial charge in [-0.15, -0.1) is 0 Å². The van der Waals surface area contributed by atoms with Gasteiger partial charge in [0.25, 0.3) is 0 Å². The summed E-state index contributed by atoms with van der Waals surface area (Å²) in [6.07, 6.45) is 0.194. The van der Waals surface area contributed by atoms with Crippen LogP contribution in [0.3, 0.4) is 0 Å². The third kappa shape index (κ3) is 2.80. The zero-order valence-corrected chi connectivity index (χ0v) is 9.04. The zero-order valence-electron chi connectivity index (χ0n) is 8.29. The first kappa shape index (κ1) is 11.7. The largest absolute Gasteiger partial charge is 0.481 e. The molecule has 0 heterocycles. The second-order valence-corrected chi connectivity index (χ2v) is 3.50. The van der Waals surface area contributed by atoms with Crippen LogP contribution in [0.15, 0.2) is 18.2 Å². The molecule has 3 nitrogen and oxygen atoms in total. The summed E-state index contributed by atoms with van der Waals surface area (Å²) in [5.74, 6) is -1.60. The Labute approximate surface area is 92.7 Å². The number of aryl methyl sites for hydroxylation is 1. The van der Waals surface area contributed by atoms with E-state index >= 15 is 0 Å². The van der Waals surface area contributed by atoms with Crippen molar-refractivity contribution in [3.63, 3.8) is 0 Å². The summed E-state index contributed by atoms with van der Waals surface area (Å²) in [5, 5.41) is 8.87. The van der Waals surface area contributed by atoms with Crippen LogP contribution in [-0.2, 0) is 11.2 Å². The number of Topliss-reactive ketones (excluding diaryl/α,β-unsaturated/α-hetero) is 1. The highest BCUT2D eigenvalue weighted by molar-refractivity contribution is 6.35. The van der Waals surface area contributed by atoms with E-state index in [0.29, 0.717) is 17.0 Å². The SMILES string of the molecule is CCc1cccc(C(=O)CC(=O)O)c1Cl. The molecule has 0 fully saturated rings. The highest BCUT2D eigenvalue weighted by atomic mass is 35.5. The number of hydrogen-bond acceptors (Lipinski definition) is 2. The predicted molar refractivity (Wildman–Crippen MR) is 57.4 cm³/mol. The Morgan fingerprint density at radius 2 is 2.07 bits per heavy atom. The van der Waals surface area contributed by atoms with Gasteiger partial charge in [0.15, 0.2) is 5.78 Å². The fraction of sp³-hybridized carbons (Fsp3) is 0.273. The smallest absolute Gasteiger partial charge is 0.311 e. The summed E-state index contributed by atoms with van der Waals surface area (Å²) < 4.78 is 0. The van der Waals surface area contributed by atoms with Crippen LogP contribution in [0.2, 0.25) is 5.02 Å². The molecule has 0 saturated carbocycles. The summed E-state index contributed by atoms with van der Waals surface area (Å²) >= 11 is 5.97. The monoisotopic (exact) mass is 226 g/mol. The van der Waals surface area contributed by atoms with Crippen molar-refractivity contribution < 1.29 is 14.7 Å². The molecule has 0 aliphatic heterocycles. The van der Waals surface area contributed by atoms with Gasteiger partial charge in [0.05, 0.1) is 5.02 Å². The summed E-state index contributed by atoms with van der Waals surface area (Å²) in [7, 11) is 0. The molecule has 0 spiro atoms. The standard InChI is InChI=1S/C11H11ClO3/c1-2-7-4-3-5-8(11(7)12)9(13)6-10(14)15/h3-5H,2,6H2,1H3,(H,14,15). The number of carbonyl (C=O) groups is 2. The average molecular weight is 227 g/mol. The van der Waals surface area contributed by atoms with Crippen molar-refractivity contribution in [2.75, 3.05) is 0 Å². The lowest BCUT2D eigenvalue weighted by atomic mass is 10.0. The number of carboxylic acid groups (broad SMARTS) is 1. The summed E-state index contributed by atoms with van der Waals surface area (Å²) in [5.41, 5.74) is 1.14. The van der Waals surface area contributed by atoms with Crippen molar-refractivity contribution in [1.82, 2.24) is 0 Å². The van der Waals surface area contributed by atoms with E-state index in [1.807, 2.05) is 13.0 Å². The van der Waals surface area contributed by atoms with E-state index in [4.69, 9.17) is 16.7 Å². The highest BCUT2D eigenvalue weighted by Crippen LogP contribution is 2.22. The number of aliphatic carboxylic acids is 1. The van der Waals surface area contributed by atoms with Gasteiger partial charge in [-0.2, -0.15) is 0 Å². The molecule has 0 bridgehead atoms. The van der Waals surface area contributed by atoms with Crippen LogP contribution in [0.5, 0.6) is 0 Å². The van der Waals surface area contributed by atoms with Crippen LogP contribution in [-0.4, -0.2) is 16.9 Å². The van der Waals surface area contributed by atoms with Gasteiger partial charge in [-0.3, -0.25) is 9.59 Å². The van der Waals surface area contributed by atoms with Crippen molar-refractivity contribution in [2.24, 2.45) is 0 Å². The Balaban J connectivity index is 3.04. The zero-order chi connectivity index (χ0) is 11.4. The molecule has 1 aromatic rings. The molecule has 0 radical (unpaired) electrons. The van der Waals surface area contributed by atoms with Crippen molar-refractivity contribution in [3.05, 3.63) is 34.3 Å². The molecular formula is C11H11ClO3. The van der Waals surface area contributed by atoms with Crippen LogP contribution < -0.4 is 0 Å². The second kappa shape index (κ2) is 4.94. The minimum Gasteiger partial charge on any atom is -0.481 e. The Morgan fingerprint density at radius 1 is 1.40 bits per heavy atom. The topological polar surface area (TPSA) is 54.4 Å². The van der Waals surface area contributed by atoms with Crippen LogP contribution in [0.4, 0.5) is 0 Å². The first-order chi connectivity index (χ1) is 7.06. The molecule has 1 N–H and O–H groups in total. The number of rotatable bonds is 4. The molecule has 80 valence electrons. The first-order valence-corrected chi connectivity index (χ1v) is 4.96. The number of ketones is 1. The maximum atomic E-state index is 11.5. The van der Waals surface area contributed by atoms with Gasteiger partial charge in [0, 0.05) is 5.56 Å². The first-order valence-electron chi connectivity index (χ1n) is 4.58. The Hall–Kier alpha value is -1.35. The lowest BCUT2D eigenvalue weighted by Crippen LogP contribution is -2.08. The van der Waals surface area contributed by atoms with Gasteiger partial charge in [0.1, 0.15) is 6.42 Å². The van der Waals surface area contributed by atoms with Gasteiger partial charge in [-0.1, -0.05) is 30.7 Å². The van der Waals surface area contributed by atoms with Gasteiger partial charge in [0.2, 0.25) is 0 Å². The normalized spacial score (nSPS) is 10.0. The van der Waals surface area contributed by atoms with Crippen molar-refractivity contribution in [3.8, 4) is 0 Å². The van der Waals surface area contributed by atoms with E-state index in [1.54, 1.807) is 12.1 Å². The highest BCUT2D eigenvalue weighted by Gasteiger charge is 2.15. The van der Waals surface area contributed by atoms with Crippen molar-refractivity contribution in [1.29, 1.82) is 0 Å². The number of benzene rings is 1. The number of halogens is 1. The van der Waals surface area contributed by atoms with Gasteiger partial charge < -0.3 is 5.11 Å². The predicted octanol–water partition coefficient (Wildman–Crippen LogP) is 2.56. The molecule has 0 unspecified atom stereocenters. The summed E-state index contributed by atoms with van der Waals surface area (Å²) in [6, 6.07) is 5.08. The maximum absolute atomic E-state index is 11.5. The molecule has 0 atom stereocenters. The number of hydrogen-bond donors (Lipinski definition) is 1. The lowest BCUT2D eigenvalue weighted by molar-refractivity contribution is -0.135. The van der Waals surface area contributed by atoms with Crippen LogP contribution in [0.1, 0.15) is 29.3 Å². The van der Waals surface area contributed by atoms with E-state index in [9.17, 15) is 9.59 Å². The maximum Gasteiger partial charge on any atom is 0.311 e. The molecule has 0 aromatic heterocycles. The molecule has 4 heteroatoms. The third-order valence-corrected chi connectivity index (χ3v) is 2.52. The van der Waals surface area contributed by atoms with Crippen LogP contribution in [0.25, 0.3) is 0 Å². The second-order valence-electron chi connectivity index (χ2n) is 3.13. The molecular weight excluding hydrogens is 216 g/mol. The van der Waals surface area contributed by atoms with Crippen molar-refractivity contribution in [2.45, 2.75) is 19.8 Å². The molecule has 0 amide bonds. The van der Waals surface area contributed by atoms with Gasteiger partial charge >= 0.3 is 5.97 Å². The van der Waals surface area contributed by atoms with E-state index in [1.165, 1.54) is 0 Å². The fourth-order valence-corrected chi connectivity index (χ4v) is 1.67. The Morgan fingerprint density at radius 3 is 2.60 bits per heavy atom. The molecule has 0 saturated heterocycles. The summed E-state index contributed by atoms with van der Waals surface area (Å²) in [6.45, 7) is 1.92. The van der Waals surface area contributed by atoms with Gasteiger partial charge in [-0.25, -0.2) is 0 Å². The molecule has 1 aromatic carbocycles. The van der Waals surface area contributed by atoms with Crippen molar-refractivity contribution >= 4 is 23.4 Å². The van der Waals surface area contributed by atoms with Crippen LogP contribution in [0, 0.1) is 0 Å². The molecule has 1 rings (SSSR count). The number of carboxylic acids is 1. The quantitative estimate of drug-likeness (QED) is 0.634. The molecule has 15 heavy (non-hydrogen) atoms. The van der Waals surface area contributed by atoms with E-state index in [-0.39, 0.29) is 0 Å². The lowest BCUT2D eigenvalue weighted by Gasteiger charge is -2.05. The van der Waals surface area contributed by atoms with Crippen LogP contribution >= 0.6 is 11.6 Å². The molecule has 0 aliphatic rings.